The lowest BCUT2D eigenvalue weighted by Crippen LogP contribution is -2.02. The highest BCUT2D eigenvalue weighted by Crippen LogP contribution is 2.26. The van der Waals surface area contributed by atoms with E-state index in [2.05, 4.69) is 18.8 Å². The third kappa shape index (κ3) is 2.19. The first kappa shape index (κ1) is 10.4. The molecule has 0 heterocycles. The molecule has 0 aliphatic heterocycles. The molecule has 3 nitrogen and oxygen atoms in total. The first-order valence-electron chi connectivity index (χ1n) is 4.65. The highest BCUT2D eigenvalue weighted by Gasteiger charge is 2.04. The smallest absolute Gasteiger partial charge is 0.0568 e. The highest BCUT2D eigenvalue weighted by atomic mass is 14.9. The second-order valence-electron chi connectivity index (χ2n) is 3.40. The van der Waals surface area contributed by atoms with Gasteiger partial charge >= 0.3 is 0 Å². The molecule has 0 aliphatic carbocycles. The molecule has 0 saturated heterocycles. The maximum atomic E-state index is 5.73. The molecule has 0 saturated carbocycles. The molecule has 0 fully saturated rings. The number of benzene rings is 1. The van der Waals surface area contributed by atoms with Gasteiger partial charge in [-0.2, -0.15) is 0 Å². The van der Waals surface area contributed by atoms with Crippen LogP contribution in [0.5, 0.6) is 0 Å². The van der Waals surface area contributed by atoms with Crippen LogP contribution in [0.2, 0.25) is 0 Å². The van der Waals surface area contributed by atoms with Crippen molar-refractivity contribution in [2.24, 2.45) is 0 Å². The van der Waals surface area contributed by atoms with Crippen molar-refractivity contribution in [1.82, 2.24) is 0 Å². The zero-order valence-electron chi connectivity index (χ0n) is 8.72. The van der Waals surface area contributed by atoms with Gasteiger partial charge in [-0.25, -0.2) is 0 Å². The lowest BCUT2D eigenvalue weighted by atomic mass is 10.1. The molecule has 0 aromatic heterocycles. The van der Waals surface area contributed by atoms with Crippen molar-refractivity contribution in [3.05, 3.63) is 30.0 Å². The van der Waals surface area contributed by atoms with E-state index in [-0.39, 0.29) is 0 Å². The Morgan fingerprint density at radius 1 is 1.36 bits per heavy atom. The fourth-order valence-electron chi connectivity index (χ4n) is 1.32. The summed E-state index contributed by atoms with van der Waals surface area (Å²) in [6.45, 7) is 7.78. The first-order chi connectivity index (χ1) is 6.54. The van der Waals surface area contributed by atoms with E-state index in [0.29, 0.717) is 11.4 Å². The SMILES string of the molecule is C=C(C)Nc1cc(N)c(N)cc1CC. The Morgan fingerprint density at radius 2 is 1.93 bits per heavy atom. The summed E-state index contributed by atoms with van der Waals surface area (Å²) in [6, 6.07) is 3.75. The summed E-state index contributed by atoms with van der Waals surface area (Å²) in [5, 5.41) is 3.16. The van der Waals surface area contributed by atoms with Gasteiger partial charge in [0.15, 0.2) is 0 Å². The molecule has 76 valence electrons. The van der Waals surface area contributed by atoms with Crippen LogP contribution in [0.4, 0.5) is 17.1 Å². The van der Waals surface area contributed by atoms with E-state index in [0.717, 1.165) is 23.4 Å². The minimum Gasteiger partial charge on any atom is -0.397 e. The standard InChI is InChI=1S/C11H17N3/c1-4-8-5-9(12)10(13)6-11(8)14-7(2)3/h5-6,14H,2,4,12-13H2,1,3H3. The molecule has 1 rings (SSSR count). The second kappa shape index (κ2) is 4.05. The monoisotopic (exact) mass is 191 g/mol. The number of nitrogen functional groups attached to an aromatic ring is 2. The van der Waals surface area contributed by atoms with Crippen molar-refractivity contribution >= 4 is 17.1 Å². The van der Waals surface area contributed by atoms with Gasteiger partial charge < -0.3 is 16.8 Å². The van der Waals surface area contributed by atoms with Gasteiger partial charge in [0.1, 0.15) is 0 Å². The predicted octanol–water partition coefficient (Wildman–Crippen LogP) is 2.36. The van der Waals surface area contributed by atoms with Crippen LogP contribution >= 0.6 is 0 Å². The van der Waals surface area contributed by atoms with Gasteiger partial charge in [-0.1, -0.05) is 13.5 Å². The summed E-state index contributed by atoms with van der Waals surface area (Å²) in [5.74, 6) is 0. The molecular formula is C11H17N3. The van der Waals surface area contributed by atoms with Crippen LogP contribution < -0.4 is 16.8 Å². The Balaban J connectivity index is 3.13. The van der Waals surface area contributed by atoms with Gasteiger partial charge in [0.05, 0.1) is 11.4 Å². The summed E-state index contributed by atoms with van der Waals surface area (Å²) in [7, 11) is 0. The summed E-state index contributed by atoms with van der Waals surface area (Å²) in [5.41, 5.74) is 15.7. The average molecular weight is 191 g/mol. The van der Waals surface area contributed by atoms with Crippen LogP contribution in [0.3, 0.4) is 0 Å². The Hall–Kier alpha value is -1.64. The third-order valence-electron chi connectivity index (χ3n) is 2.04. The maximum Gasteiger partial charge on any atom is 0.0568 e. The van der Waals surface area contributed by atoms with Gasteiger partial charge in [0.25, 0.3) is 0 Å². The zero-order valence-corrected chi connectivity index (χ0v) is 8.72. The van der Waals surface area contributed by atoms with Gasteiger partial charge in [-0.15, -0.1) is 0 Å². The Kier molecular flexibility index (Phi) is 3.02. The number of allylic oxidation sites excluding steroid dienone is 1. The fraction of sp³-hybridized carbons (Fsp3) is 0.273. The molecule has 0 unspecified atom stereocenters. The highest BCUT2D eigenvalue weighted by molar-refractivity contribution is 5.73. The maximum absolute atomic E-state index is 5.73. The topological polar surface area (TPSA) is 64.1 Å². The van der Waals surface area contributed by atoms with Crippen LogP contribution in [0.1, 0.15) is 19.4 Å². The van der Waals surface area contributed by atoms with Gasteiger partial charge in [0, 0.05) is 11.4 Å². The van der Waals surface area contributed by atoms with Crippen LogP contribution in [0.25, 0.3) is 0 Å². The molecule has 0 aliphatic rings. The van der Waals surface area contributed by atoms with Crippen molar-refractivity contribution in [3.63, 3.8) is 0 Å². The van der Waals surface area contributed by atoms with Crippen molar-refractivity contribution in [2.45, 2.75) is 20.3 Å². The van der Waals surface area contributed by atoms with E-state index in [9.17, 15) is 0 Å². The van der Waals surface area contributed by atoms with E-state index in [1.165, 1.54) is 0 Å². The van der Waals surface area contributed by atoms with E-state index in [4.69, 9.17) is 11.5 Å². The summed E-state index contributed by atoms with van der Waals surface area (Å²) < 4.78 is 0. The second-order valence-corrected chi connectivity index (χ2v) is 3.40. The number of rotatable bonds is 3. The minimum atomic E-state index is 0.603. The molecule has 0 bridgehead atoms. The van der Waals surface area contributed by atoms with Crippen LogP contribution in [-0.2, 0) is 6.42 Å². The Labute approximate surface area is 84.8 Å². The number of hydrogen-bond acceptors (Lipinski definition) is 3. The zero-order chi connectivity index (χ0) is 10.7. The third-order valence-corrected chi connectivity index (χ3v) is 2.04. The van der Waals surface area contributed by atoms with E-state index >= 15 is 0 Å². The fourth-order valence-corrected chi connectivity index (χ4v) is 1.32. The number of anilines is 3. The van der Waals surface area contributed by atoms with Crippen LogP contribution in [0.15, 0.2) is 24.4 Å². The van der Waals surface area contributed by atoms with Crippen molar-refractivity contribution < 1.29 is 0 Å². The van der Waals surface area contributed by atoms with Crippen LogP contribution in [0, 0.1) is 0 Å². The average Bonchev–Trinajstić information content (AvgIpc) is 2.10. The normalized spacial score (nSPS) is 9.86. The number of nitrogens with two attached hydrogens (primary N) is 2. The quantitative estimate of drug-likeness (QED) is 0.643. The van der Waals surface area contributed by atoms with Crippen molar-refractivity contribution in [2.75, 3.05) is 16.8 Å². The van der Waals surface area contributed by atoms with Gasteiger partial charge in [0.2, 0.25) is 0 Å². The molecule has 1 aromatic carbocycles. The largest absolute Gasteiger partial charge is 0.397 e. The lowest BCUT2D eigenvalue weighted by molar-refractivity contribution is 1.14. The Bertz CT molecular complexity index is 356. The summed E-state index contributed by atoms with van der Waals surface area (Å²) >= 11 is 0. The van der Waals surface area contributed by atoms with Gasteiger partial charge in [-0.05, 0) is 31.0 Å². The molecule has 3 heteroatoms. The Morgan fingerprint density at radius 3 is 2.43 bits per heavy atom. The minimum absolute atomic E-state index is 0.603. The van der Waals surface area contributed by atoms with Crippen molar-refractivity contribution in [3.8, 4) is 0 Å². The molecule has 5 N–H and O–H groups in total. The molecular weight excluding hydrogens is 174 g/mol. The number of aryl methyl sites for hydroxylation is 1. The summed E-state index contributed by atoms with van der Waals surface area (Å²) in [6.07, 6.45) is 0.917. The molecule has 0 spiro atoms. The summed E-state index contributed by atoms with van der Waals surface area (Å²) in [4.78, 5) is 0. The number of nitrogens with one attached hydrogen (secondary N) is 1. The molecule has 0 atom stereocenters. The number of hydrogen-bond donors (Lipinski definition) is 3. The van der Waals surface area contributed by atoms with E-state index in [1.807, 2.05) is 19.1 Å². The predicted molar refractivity (Wildman–Crippen MR) is 63.1 cm³/mol. The molecule has 14 heavy (non-hydrogen) atoms. The van der Waals surface area contributed by atoms with E-state index in [1.54, 1.807) is 0 Å². The molecule has 1 aromatic rings. The molecule has 0 amide bonds. The molecule has 0 radical (unpaired) electrons. The first-order valence-corrected chi connectivity index (χ1v) is 4.65. The van der Waals surface area contributed by atoms with Gasteiger partial charge in [-0.3, -0.25) is 0 Å². The van der Waals surface area contributed by atoms with E-state index < -0.39 is 0 Å². The van der Waals surface area contributed by atoms with Crippen LogP contribution in [-0.4, -0.2) is 0 Å². The van der Waals surface area contributed by atoms with Crippen molar-refractivity contribution in [1.29, 1.82) is 0 Å². The lowest BCUT2D eigenvalue weighted by Gasteiger charge is -2.13.